The van der Waals surface area contributed by atoms with E-state index in [1.165, 1.54) is 12.8 Å². The van der Waals surface area contributed by atoms with Gasteiger partial charge in [-0.2, -0.15) is 0 Å². The van der Waals surface area contributed by atoms with Crippen LogP contribution in [0.15, 0.2) is 12.5 Å². The van der Waals surface area contributed by atoms with E-state index in [1.807, 2.05) is 31.4 Å². The van der Waals surface area contributed by atoms with Crippen LogP contribution in [0.3, 0.4) is 0 Å². The van der Waals surface area contributed by atoms with E-state index >= 15 is 0 Å². The fraction of sp³-hybridized carbons (Fsp3) is 0.722. The number of fused-ring (bicyclic) bond motifs is 1. The van der Waals surface area contributed by atoms with Gasteiger partial charge in [0.05, 0.1) is 9.61 Å². The number of rotatable bonds is 3. The predicted molar refractivity (Wildman–Crippen MR) is 116 cm³/mol. The van der Waals surface area contributed by atoms with E-state index in [0.29, 0.717) is 6.04 Å². The maximum Gasteiger partial charge on any atom is 0.212 e. The van der Waals surface area contributed by atoms with E-state index in [1.54, 1.807) is 6.33 Å². The molecular formula is C18H27IN6OS. The third-order valence-corrected chi connectivity index (χ3v) is 8.40. The molecule has 27 heavy (non-hydrogen) atoms. The molecule has 0 amide bonds. The summed E-state index contributed by atoms with van der Waals surface area (Å²) in [4.78, 5) is 7.00. The smallest absolute Gasteiger partial charge is 0.212 e. The van der Waals surface area contributed by atoms with Crippen molar-refractivity contribution in [3.05, 3.63) is 16.1 Å². The number of halogens is 1. The topological polar surface area (TPSA) is 81.4 Å². The highest BCUT2D eigenvalue weighted by molar-refractivity contribution is 14.1. The lowest BCUT2D eigenvalue weighted by atomic mass is 9.74. The van der Waals surface area contributed by atoms with Crippen molar-refractivity contribution in [3.8, 4) is 0 Å². The van der Waals surface area contributed by atoms with Crippen LogP contribution in [0, 0.1) is 8.99 Å². The van der Waals surface area contributed by atoms with Crippen LogP contribution in [0.4, 0.5) is 5.95 Å². The zero-order chi connectivity index (χ0) is 19.2. The Labute approximate surface area is 177 Å². The highest BCUT2D eigenvalue weighted by Crippen LogP contribution is 2.47. The number of hydrogen-bond acceptors (Lipinski definition) is 6. The number of piperidine rings is 1. The van der Waals surface area contributed by atoms with E-state index in [9.17, 15) is 4.55 Å². The zero-order valence-corrected chi connectivity index (χ0v) is 19.1. The molecule has 0 radical (unpaired) electrons. The lowest BCUT2D eigenvalue weighted by Gasteiger charge is -2.44. The van der Waals surface area contributed by atoms with Crippen LogP contribution >= 0.6 is 22.6 Å². The van der Waals surface area contributed by atoms with Gasteiger partial charge in [0.1, 0.15) is 11.1 Å². The molecule has 9 heteroatoms. The van der Waals surface area contributed by atoms with Gasteiger partial charge >= 0.3 is 0 Å². The largest absolute Gasteiger partial charge is 0.598 e. The van der Waals surface area contributed by atoms with Gasteiger partial charge in [-0.3, -0.25) is 4.40 Å². The molecule has 2 unspecified atom stereocenters. The molecule has 2 aromatic heterocycles. The average molecular weight is 502 g/mol. The van der Waals surface area contributed by atoms with E-state index in [2.05, 4.69) is 47.4 Å². The van der Waals surface area contributed by atoms with Gasteiger partial charge in [0.2, 0.25) is 5.95 Å². The highest BCUT2D eigenvalue weighted by Gasteiger charge is 2.48. The van der Waals surface area contributed by atoms with E-state index in [0.717, 1.165) is 47.5 Å². The van der Waals surface area contributed by atoms with Crippen molar-refractivity contribution < 1.29 is 4.55 Å². The first-order valence-corrected chi connectivity index (χ1v) is 11.8. The average Bonchev–Trinajstić information content (AvgIpc) is 3.25. The molecule has 0 bridgehead atoms. The summed E-state index contributed by atoms with van der Waals surface area (Å²) in [6, 6.07) is 0.347. The monoisotopic (exact) mass is 502 g/mol. The summed E-state index contributed by atoms with van der Waals surface area (Å²) in [5.41, 5.74) is 1.12. The molecule has 1 spiro atoms. The van der Waals surface area contributed by atoms with Crippen LogP contribution in [0.2, 0.25) is 0 Å². The summed E-state index contributed by atoms with van der Waals surface area (Å²) in [5, 5.41) is 8.26. The first-order chi connectivity index (χ1) is 12.8. The second-order valence-corrected chi connectivity index (χ2v) is 11.9. The van der Waals surface area contributed by atoms with Gasteiger partial charge in [-0.1, -0.05) is 6.42 Å². The van der Waals surface area contributed by atoms with Crippen LogP contribution in [-0.4, -0.2) is 48.0 Å². The second-order valence-electron chi connectivity index (χ2n) is 8.72. The van der Waals surface area contributed by atoms with Gasteiger partial charge in [-0.05, 0) is 74.5 Å². The van der Waals surface area contributed by atoms with E-state index < -0.39 is 11.4 Å². The normalized spacial score (nSPS) is 24.0. The third kappa shape index (κ3) is 3.67. The molecule has 2 fully saturated rings. The predicted octanol–water partition coefficient (Wildman–Crippen LogP) is 2.92. The maximum atomic E-state index is 12.6. The van der Waals surface area contributed by atoms with Crippen LogP contribution < -0.4 is 9.62 Å². The van der Waals surface area contributed by atoms with Gasteiger partial charge < -0.3 is 9.45 Å². The Bertz CT molecular complexity index is 814. The van der Waals surface area contributed by atoms with Crippen LogP contribution in [0.5, 0.6) is 0 Å². The van der Waals surface area contributed by atoms with Crippen molar-refractivity contribution in [3.63, 3.8) is 0 Å². The minimum atomic E-state index is -1.01. The van der Waals surface area contributed by atoms with Crippen molar-refractivity contribution in [1.29, 1.82) is 0 Å². The molecule has 2 aromatic rings. The molecule has 1 N–H and O–H groups in total. The molecule has 1 aliphatic heterocycles. The second kappa shape index (κ2) is 7.31. The fourth-order valence-corrected chi connectivity index (χ4v) is 5.88. The molecule has 1 aliphatic carbocycles. The Kier molecular flexibility index (Phi) is 5.32. The number of nitrogens with one attached hydrogen (secondary N) is 1. The summed E-state index contributed by atoms with van der Waals surface area (Å²) in [6.07, 6.45) is 9.39. The first kappa shape index (κ1) is 19.7. The molecule has 1 saturated heterocycles. The summed E-state index contributed by atoms with van der Waals surface area (Å²) in [6.45, 7) is 8.02. The molecule has 2 aliphatic rings. The standard InChI is InChI=1S/C18H27IN6OS/c1-17(2,3)27(26)23-14-5-4-6-18(14)7-9-24(10-8-18)16-20-11-13(19)15-22-21-12-25(15)16/h11-12,14,23H,4-10H2,1-3H3. The molecule has 4 rings (SSSR count). The summed E-state index contributed by atoms with van der Waals surface area (Å²) in [5.74, 6) is 0.922. The molecule has 1 saturated carbocycles. The molecule has 3 heterocycles. The number of nitrogens with zero attached hydrogens (tertiary/aromatic N) is 5. The van der Waals surface area contributed by atoms with E-state index in [-0.39, 0.29) is 10.2 Å². The van der Waals surface area contributed by atoms with Crippen molar-refractivity contribution in [2.24, 2.45) is 5.41 Å². The van der Waals surface area contributed by atoms with Crippen molar-refractivity contribution >= 4 is 45.5 Å². The van der Waals surface area contributed by atoms with Gasteiger partial charge in [0.25, 0.3) is 0 Å². The first-order valence-electron chi connectivity index (χ1n) is 9.57. The Balaban J connectivity index is 1.49. The van der Waals surface area contributed by atoms with Gasteiger partial charge in [-0.25, -0.2) is 4.98 Å². The van der Waals surface area contributed by atoms with Crippen LogP contribution in [0.25, 0.3) is 5.65 Å². The zero-order valence-electron chi connectivity index (χ0n) is 16.1. The van der Waals surface area contributed by atoms with Gasteiger partial charge in [0.15, 0.2) is 5.65 Å². The molecule has 148 valence electrons. The van der Waals surface area contributed by atoms with Crippen molar-refractivity contribution in [2.75, 3.05) is 18.0 Å². The quantitative estimate of drug-likeness (QED) is 0.514. The van der Waals surface area contributed by atoms with Crippen LogP contribution in [0.1, 0.15) is 52.9 Å². The maximum absolute atomic E-state index is 12.6. The number of aromatic nitrogens is 4. The highest BCUT2D eigenvalue weighted by atomic mass is 127. The Morgan fingerprint density at radius 3 is 2.74 bits per heavy atom. The Morgan fingerprint density at radius 1 is 1.30 bits per heavy atom. The third-order valence-electron chi connectivity index (χ3n) is 6.02. The minimum Gasteiger partial charge on any atom is -0.598 e. The van der Waals surface area contributed by atoms with Gasteiger partial charge in [-0.15, -0.1) is 14.9 Å². The Morgan fingerprint density at radius 2 is 2.04 bits per heavy atom. The summed E-state index contributed by atoms with van der Waals surface area (Å²) >= 11 is 1.23. The van der Waals surface area contributed by atoms with Gasteiger partial charge in [0, 0.05) is 30.6 Å². The van der Waals surface area contributed by atoms with E-state index in [4.69, 9.17) is 0 Å². The summed E-state index contributed by atoms with van der Waals surface area (Å²) in [7, 11) is 0. The molecular weight excluding hydrogens is 475 g/mol. The number of hydrogen-bond donors (Lipinski definition) is 1. The van der Waals surface area contributed by atoms with Crippen LogP contribution in [-0.2, 0) is 11.4 Å². The molecule has 2 atom stereocenters. The Hall–Kier alpha value is -0.650. The molecule has 7 nitrogen and oxygen atoms in total. The fourth-order valence-electron chi connectivity index (χ4n) is 4.39. The summed E-state index contributed by atoms with van der Waals surface area (Å²) < 4.78 is 18.9. The SMILES string of the molecule is CC(C)(C)[S+]([O-])NC1CCCC12CCN(c1ncc(I)c3nncn13)CC2. The lowest BCUT2D eigenvalue weighted by Crippen LogP contribution is -2.53. The number of anilines is 1. The van der Waals surface area contributed by atoms with Crippen molar-refractivity contribution in [1.82, 2.24) is 24.3 Å². The minimum absolute atomic E-state index is 0.227. The molecule has 0 aromatic carbocycles. The lowest BCUT2D eigenvalue weighted by molar-refractivity contribution is 0.186. The van der Waals surface area contributed by atoms with Crippen molar-refractivity contribution in [2.45, 2.75) is 63.7 Å².